The van der Waals surface area contributed by atoms with E-state index in [2.05, 4.69) is 20.8 Å². The molecule has 3 rings (SSSR count). The Labute approximate surface area is 221 Å². The number of nitrogens with one attached hydrogen (secondary N) is 3. The maximum Gasteiger partial charge on any atom is 0.411 e. The lowest BCUT2D eigenvalue weighted by atomic mass is 10.0. The first-order chi connectivity index (χ1) is 18.1. The van der Waals surface area contributed by atoms with E-state index in [1.54, 1.807) is 69.6 Å². The SMILES string of the molecule is CNC(=O)OCCN(C(=O)OC(C)(C)C)C(C(=O)Nc1ccc(-c2cn[nH]c2)cc1)c1cccc(OC)c1. The highest BCUT2D eigenvalue weighted by Crippen LogP contribution is 2.28. The quantitative estimate of drug-likeness (QED) is 0.379. The molecule has 0 radical (unpaired) electrons. The predicted octanol–water partition coefficient (Wildman–Crippen LogP) is 4.36. The second kappa shape index (κ2) is 12.6. The van der Waals surface area contributed by atoms with Gasteiger partial charge in [-0.3, -0.25) is 14.8 Å². The molecule has 1 aromatic heterocycles. The number of nitrogens with zero attached hydrogens (tertiary/aromatic N) is 2. The number of ether oxygens (including phenoxy) is 3. The summed E-state index contributed by atoms with van der Waals surface area (Å²) >= 11 is 0. The summed E-state index contributed by atoms with van der Waals surface area (Å²) in [7, 11) is 2.94. The number of H-pyrrole nitrogens is 1. The fraction of sp³-hybridized carbons (Fsp3) is 0.333. The number of aromatic nitrogens is 2. The van der Waals surface area contributed by atoms with Crippen LogP contribution in [0.25, 0.3) is 11.1 Å². The summed E-state index contributed by atoms with van der Waals surface area (Å²) in [6, 6.07) is 12.9. The maximum atomic E-state index is 13.8. The second-order valence-corrected chi connectivity index (χ2v) is 9.29. The van der Waals surface area contributed by atoms with Gasteiger partial charge in [-0.05, 0) is 56.2 Å². The van der Waals surface area contributed by atoms with Gasteiger partial charge in [0.1, 0.15) is 24.0 Å². The number of anilines is 1. The van der Waals surface area contributed by atoms with Crippen LogP contribution in [0.4, 0.5) is 15.3 Å². The van der Waals surface area contributed by atoms with Crippen molar-refractivity contribution in [2.24, 2.45) is 0 Å². The Morgan fingerprint density at radius 2 is 1.82 bits per heavy atom. The highest BCUT2D eigenvalue weighted by Gasteiger charge is 2.35. The number of hydrogen-bond donors (Lipinski definition) is 3. The summed E-state index contributed by atoms with van der Waals surface area (Å²) in [5.74, 6) is 0.0237. The number of amides is 3. The molecule has 11 nitrogen and oxygen atoms in total. The van der Waals surface area contributed by atoms with E-state index in [9.17, 15) is 14.4 Å². The van der Waals surface area contributed by atoms with Crippen molar-refractivity contribution in [1.29, 1.82) is 0 Å². The molecule has 3 amide bonds. The lowest BCUT2D eigenvalue weighted by Crippen LogP contribution is -2.45. The van der Waals surface area contributed by atoms with Crippen LogP contribution < -0.4 is 15.4 Å². The van der Waals surface area contributed by atoms with E-state index in [1.165, 1.54) is 19.1 Å². The molecule has 3 aromatic rings. The predicted molar refractivity (Wildman–Crippen MR) is 142 cm³/mol. The van der Waals surface area contributed by atoms with Crippen molar-refractivity contribution in [3.05, 3.63) is 66.5 Å². The Balaban J connectivity index is 1.94. The largest absolute Gasteiger partial charge is 0.497 e. The van der Waals surface area contributed by atoms with Gasteiger partial charge in [0.25, 0.3) is 5.91 Å². The van der Waals surface area contributed by atoms with Gasteiger partial charge in [0.15, 0.2) is 0 Å². The van der Waals surface area contributed by atoms with Crippen molar-refractivity contribution in [2.45, 2.75) is 32.4 Å². The van der Waals surface area contributed by atoms with Crippen molar-refractivity contribution < 1.29 is 28.6 Å². The van der Waals surface area contributed by atoms with E-state index >= 15 is 0 Å². The number of carbonyl (C=O) groups is 3. The third-order valence-corrected chi connectivity index (χ3v) is 5.35. The van der Waals surface area contributed by atoms with E-state index in [1.807, 2.05) is 12.1 Å². The summed E-state index contributed by atoms with van der Waals surface area (Å²) in [6.45, 7) is 4.92. The third-order valence-electron chi connectivity index (χ3n) is 5.35. The Hall–Kier alpha value is -4.54. The normalized spacial score (nSPS) is 11.7. The molecule has 0 aliphatic heterocycles. The standard InChI is InChI=1S/C27H33N5O6/c1-27(2,3)38-26(35)32(13-14-37-25(34)28-4)23(19-7-6-8-22(15-19)36-5)24(33)31-21-11-9-18(10-12-21)20-16-29-30-17-20/h6-12,15-17,23H,13-14H2,1-5H3,(H,28,34)(H,29,30)(H,31,33). The molecule has 1 atom stereocenters. The van der Waals surface area contributed by atoms with Crippen molar-refractivity contribution in [3.8, 4) is 16.9 Å². The number of rotatable bonds is 9. The van der Waals surface area contributed by atoms with Gasteiger partial charge in [0, 0.05) is 24.5 Å². The van der Waals surface area contributed by atoms with Crippen LogP contribution in [0.2, 0.25) is 0 Å². The fourth-order valence-corrected chi connectivity index (χ4v) is 3.61. The van der Waals surface area contributed by atoms with E-state index in [0.717, 1.165) is 11.1 Å². The molecule has 202 valence electrons. The molecule has 0 bridgehead atoms. The zero-order valence-corrected chi connectivity index (χ0v) is 22.1. The van der Waals surface area contributed by atoms with Gasteiger partial charge < -0.3 is 24.8 Å². The number of hydrogen-bond acceptors (Lipinski definition) is 7. The highest BCUT2D eigenvalue weighted by atomic mass is 16.6. The topological polar surface area (TPSA) is 135 Å². The molecule has 11 heteroatoms. The molecule has 0 aliphatic rings. The molecule has 0 fully saturated rings. The molecule has 3 N–H and O–H groups in total. The number of aromatic amines is 1. The molecule has 38 heavy (non-hydrogen) atoms. The van der Waals surface area contributed by atoms with Crippen molar-refractivity contribution in [2.75, 3.05) is 32.6 Å². The van der Waals surface area contributed by atoms with Gasteiger partial charge >= 0.3 is 12.2 Å². The Bertz CT molecular complexity index is 1220. The molecule has 1 unspecified atom stereocenters. The number of methoxy groups -OCH3 is 1. The van der Waals surface area contributed by atoms with Crippen LogP contribution in [-0.2, 0) is 14.3 Å². The van der Waals surface area contributed by atoms with Crippen LogP contribution in [0, 0.1) is 0 Å². The molecule has 2 aromatic carbocycles. The average molecular weight is 524 g/mol. The van der Waals surface area contributed by atoms with Crippen LogP contribution in [0.15, 0.2) is 60.9 Å². The minimum Gasteiger partial charge on any atom is -0.497 e. The first kappa shape index (κ1) is 28.0. The Kier molecular flexibility index (Phi) is 9.31. The molecule has 0 aliphatic carbocycles. The monoisotopic (exact) mass is 523 g/mol. The molecule has 0 saturated heterocycles. The van der Waals surface area contributed by atoms with Gasteiger partial charge in [-0.1, -0.05) is 24.3 Å². The van der Waals surface area contributed by atoms with E-state index < -0.39 is 29.7 Å². The van der Waals surface area contributed by atoms with Gasteiger partial charge in [-0.2, -0.15) is 5.10 Å². The minimum atomic E-state index is -1.12. The first-order valence-corrected chi connectivity index (χ1v) is 12.0. The average Bonchev–Trinajstić information content (AvgIpc) is 3.42. The lowest BCUT2D eigenvalue weighted by molar-refractivity contribution is -0.121. The molecule has 0 spiro atoms. The molecular formula is C27H33N5O6. The van der Waals surface area contributed by atoms with Crippen LogP contribution in [-0.4, -0.2) is 66.1 Å². The Morgan fingerprint density at radius 3 is 2.42 bits per heavy atom. The lowest BCUT2D eigenvalue weighted by Gasteiger charge is -2.33. The Morgan fingerprint density at radius 1 is 1.08 bits per heavy atom. The second-order valence-electron chi connectivity index (χ2n) is 9.29. The van der Waals surface area contributed by atoms with Crippen molar-refractivity contribution in [3.63, 3.8) is 0 Å². The van der Waals surface area contributed by atoms with Gasteiger partial charge in [-0.15, -0.1) is 0 Å². The third kappa shape index (κ3) is 7.73. The summed E-state index contributed by atoms with van der Waals surface area (Å²) in [6.07, 6.45) is 2.07. The van der Waals surface area contributed by atoms with E-state index in [0.29, 0.717) is 17.0 Å². The van der Waals surface area contributed by atoms with Gasteiger partial charge in [0.05, 0.1) is 19.9 Å². The summed E-state index contributed by atoms with van der Waals surface area (Å²) in [4.78, 5) is 40.0. The van der Waals surface area contributed by atoms with E-state index in [4.69, 9.17) is 14.2 Å². The molecule has 0 saturated carbocycles. The van der Waals surface area contributed by atoms with Crippen LogP contribution >= 0.6 is 0 Å². The summed E-state index contributed by atoms with van der Waals surface area (Å²) in [5.41, 5.74) is 2.02. The number of benzene rings is 2. The van der Waals surface area contributed by atoms with Crippen LogP contribution in [0.5, 0.6) is 5.75 Å². The zero-order chi connectivity index (χ0) is 27.7. The van der Waals surface area contributed by atoms with Gasteiger partial charge in [0.2, 0.25) is 0 Å². The van der Waals surface area contributed by atoms with E-state index in [-0.39, 0.29) is 13.2 Å². The summed E-state index contributed by atoms with van der Waals surface area (Å²) < 4.78 is 16.1. The number of carbonyl (C=O) groups excluding carboxylic acids is 3. The van der Waals surface area contributed by atoms with Crippen molar-refractivity contribution >= 4 is 23.8 Å². The summed E-state index contributed by atoms with van der Waals surface area (Å²) in [5, 5.41) is 12.0. The first-order valence-electron chi connectivity index (χ1n) is 12.0. The number of alkyl carbamates (subject to hydrolysis) is 1. The minimum absolute atomic E-state index is 0.100. The van der Waals surface area contributed by atoms with Gasteiger partial charge in [-0.25, -0.2) is 9.59 Å². The fourth-order valence-electron chi connectivity index (χ4n) is 3.61. The highest BCUT2D eigenvalue weighted by molar-refractivity contribution is 5.97. The van der Waals surface area contributed by atoms with Crippen molar-refractivity contribution in [1.82, 2.24) is 20.4 Å². The smallest absolute Gasteiger partial charge is 0.411 e. The molecular weight excluding hydrogens is 490 g/mol. The van der Waals surface area contributed by atoms with Crippen LogP contribution in [0.1, 0.15) is 32.4 Å². The van der Waals surface area contributed by atoms with Crippen LogP contribution in [0.3, 0.4) is 0 Å². The maximum absolute atomic E-state index is 13.8. The molecule has 1 heterocycles. The zero-order valence-electron chi connectivity index (χ0n) is 22.1.